The highest BCUT2D eigenvalue weighted by Crippen LogP contribution is 2.06. The molecule has 0 spiro atoms. The summed E-state index contributed by atoms with van der Waals surface area (Å²) >= 11 is 0. The molecule has 0 atom stereocenters. The van der Waals surface area contributed by atoms with Crippen LogP contribution in [0.3, 0.4) is 0 Å². The summed E-state index contributed by atoms with van der Waals surface area (Å²) in [5.41, 5.74) is 6.01. The number of hydrogen-bond acceptors (Lipinski definition) is 3. The van der Waals surface area contributed by atoms with Gasteiger partial charge < -0.3 is 5.73 Å². The lowest BCUT2D eigenvalue weighted by Crippen LogP contribution is -2.45. The van der Waals surface area contributed by atoms with Crippen molar-refractivity contribution >= 4 is 15.9 Å². The van der Waals surface area contributed by atoms with E-state index in [2.05, 4.69) is 9.71 Å². The summed E-state index contributed by atoms with van der Waals surface area (Å²) in [6.07, 6.45) is 1.12. The van der Waals surface area contributed by atoms with Crippen LogP contribution in [-0.2, 0) is 10.0 Å². The van der Waals surface area contributed by atoms with Gasteiger partial charge in [0.25, 0.3) is 0 Å². The van der Waals surface area contributed by atoms with Crippen molar-refractivity contribution in [3.63, 3.8) is 0 Å². The van der Waals surface area contributed by atoms with Crippen molar-refractivity contribution in [3.05, 3.63) is 35.9 Å². The van der Waals surface area contributed by atoms with E-state index in [9.17, 15) is 8.42 Å². The first kappa shape index (κ1) is 14.7. The third-order valence-electron chi connectivity index (χ3n) is 2.18. The molecule has 3 N–H and O–H groups in total. The number of aliphatic imine (C=N–C) groups is 1. The van der Waals surface area contributed by atoms with Gasteiger partial charge in [-0.1, -0.05) is 30.3 Å². The number of nitrogens with one attached hydrogen (secondary N) is 1. The average Bonchev–Trinajstić information content (AvgIpc) is 2.24. The Balaban J connectivity index is 2.75. The first-order valence-corrected chi connectivity index (χ1v) is 7.43. The smallest absolute Gasteiger partial charge is 0.209 e. The van der Waals surface area contributed by atoms with E-state index < -0.39 is 15.6 Å². The van der Waals surface area contributed by atoms with Gasteiger partial charge in [0.15, 0.2) is 0 Å². The molecule has 0 saturated carbocycles. The molecule has 0 radical (unpaired) electrons. The van der Waals surface area contributed by atoms with E-state index in [1.807, 2.05) is 30.3 Å². The molecule has 18 heavy (non-hydrogen) atoms. The number of nitrogens with two attached hydrogens (primary N) is 1. The molecular formula is C12H19N3O2S. The zero-order valence-electron chi connectivity index (χ0n) is 10.8. The SMILES string of the molecule is CC(C)(CN=C(N)c1ccccc1)NS(C)(=O)=O. The van der Waals surface area contributed by atoms with Gasteiger partial charge >= 0.3 is 0 Å². The molecule has 1 aromatic carbocycles. The van der Waals surface area contributed by atoms with Gasteiger partial charge in [0.2, 0.25) is 10.0 Å². The molecule has 5 nitrogen and oxygen atoms in total. The van der Waals surface area contributed by atoms with E-state index in [1.165, 1.54) is 0 Å². The molecule has 0 bridgehead atoms. The maximum Gasteiger partial charge on any atom is 0.209 e. The van der Waals surface area contributed by atoms with Gasteiger partial charge in [0, 0.05) is 11.1 Å². The number of rotatable bonds is 5. The third-order valence-corrected chi connectivity index (χ3v) is 3.10. The summed E-state index contributed by atoms with van der Waals surface area (Å²) in [5, 5.41) is 0. The predicted molar refractivity (Wildman–Crippen MR) is 74.1 cm³/mol. The van der Waals surface area contributed by atoms with Gasteiger partial charge in [-0.3, -0.25) is 4.99 Å². The Bertz CT molecular complexity index is 522. The Morgan fingerprint density at radius 3 is 2.39 bits per heavy atom. The van der Waals surface area contributed by atoms with Crippen LogP contribution in [0.1, 0.15) is 19.4 Å². The van der Waals surface area contributed by atoms with Crippen LogP contribution < -0.4 is 10.5 Å². The van der Waals surface area contributed by atoms with Gasteiger partial charge in [-0.15, -0.1) is 0 Å². The second-order valence-electron chi connectivity index (χ2n) is 4.83. The van der Waals surface area contributed by atoms with Crippen molar-refractivity contribution in [2.45, 2.75) is 19.4 Å². The lowest BCUT2D eigenvalue weighted by molar-refractivity contribution is 0.466. The summed E-state index contributed by atoms with van der Waals surface area (Å²) < 4.78 is 24.9. The standard InChI is InChI=1S/C12H19N3O2S/c1-12(2,15-18(3,16)17)9-14-11(13)10-7-5-4-6-8-10/h4-8,15H,9H2,1-3H3,(H2,13,14). The van der Waals surface area contributed by atoms with Gasteiger partial charge in [0.1, 0.15) is 5.84 Å². The Hall–Kier alpha value is -1.40. The van der Waals surface area contributed by atoms with Crippen LogP contribution in [0.4, 0.5) is 0 Å². The van der Waals surface area contributed by atoms with Crippen molar-refractivity contribution in [1.29, 1.82) is 0 Å². The van der Waals surface area contributed by atoms with Crippen LogP contribution in [0.25, 0.3) is 0 Å². The summed E-state index contributed by atoms with van der Waals surface area (Å²) in [6, 6.07) is 9.35. The Labute approximate surface area is 108 Å². The quantitative estimate of drug-likeness (QED) is 0.610. The van der Waals surface area contributed by atoms with Gasteiger partial charge in [-0.25, -0.2) is 13.1 Å². The lowest BCUT2D eigenvalue weighted by atomic mass is 10.1. The molecule has 1 aromatic rings. The van der Waals surface area contributed by atoms with Crippen LogP contribution in [-0.4, -0.2) is 32.6 Å². The molecule has 100 valence electrons. The van der Waals surface area contributed by atoms with Gasteiger partial charge in [-0.05, 0) is 13.8 Å². The fourth-order valence-corrected chi connectivity index (χ4v) is 2.59. The zero-order valence-corrected chi connectivity index (χ0v) is 11.7. The summed E-state index contributed by atoms with van der Waals surface area (Å²) in [4.78, 5) is 4.22. The first-order valence-electron chi connectivity index (χ1n) is 5.54. The molecule has 0 heterocycles. The highest BCUT2D eigenvalue weighted by molar-refractivity contribution is 7.88. The monoisotopic (exact) mass is 269 g/mol. The van der Waals surface area contributed by atoms with Crippen molar-refractivity contribution in [2.75, 3.05) is 12.8 Å². The fourth-order valence-electron chi connectivity index (χ4n) is 1.52. The molecular weight excluding hydrogens is 250 g/mol. The topological polar surface area (TPSA) is 84.5 Å². The van der Waals surface area contributed by atoms with E-state index in [4.69, 9.17) is 5.73 Å². The average molecular weight is 269 g/mol. The molecule has 0 aliphatic heterocycles. The fraction of sp³-hybridized carbons (Fsp3) is 0.417. The van der Waals surface area contributed by atoms with E-state index in [0.29, 0.717) is 5.84 Å². The zero-order chi connectivity index (χ0) is 13.8. The maximum atomic E-state index is 11.2. The number of hydrogen-bond donors (Lipinski definition) is 2. The van der Waals surface area contributed by atoms with Crippen LogP contribution in [0.2, 0.25) is 0 Å². The molecule has 0 saturated heterocycles. The van der Waals surface area contributed by atoms with E-state index in [-0.39, 0.29) is 6.54 Å². The molecule has 0 unspecified atom stereocenters. The van der Waals surface area contributed by atoms with Gasteiger partial charge in [-0.2, -0.15) is 0 Å². The van der Waals surface area contributed by atoms with Crippen LogP contribution >= 0.6 is 0 Å². The largest absolute Gasteiger partial charge is 0.384 e. The van der Waals surface area contributed by atoms with Crippen LogP contribution in [0.15, 0.2) is 35.3 Å². The molecule has 6 heteroatoms. The van der Waals surface area contributed by atoms with Crippen molar-refractivity contribution in [3.8, 4) is 0 Å². The normalized spacial score (nSPS) is 13.6. The molecule has 1 rings (SSSR count). The van der Waals surface area contributed by atoms with Crippen molar-refractivity contribution in [2.24, 2.45) is 10.7 Å². The van der Waals surface area contributed by atoms with Crippen molar-refractivity contribution in [1.82, 2.24) is 4.72 Å². The molecule has 0 fully saturated rings. The minimum atomic E-state index is -3.25. The summed E-state index contributed by atoms with van der Waals surface area (Å²) in [6.45, 7) is 3.80. The highest BCUT2D eigenvalue weighted by atomic mass is 32.2. The van der Waals surface area contributed by atoms with Gasteiger partial charge in [0.05, 0.1) is 12.8 Å². The third kappa shape index (κ3) is 5.29. The number of amidine groups is 1. The lowest BCUT2D eigenvalue weighted by Gasteiger charge is -2.22. The highest BCUT2D eigenvalue weighted by Gasteiger charge is 2.21. The van der Waals surface area contributed by atoms with Crippen LogP contribution in [0, 0.1) is 0 Å². The Morgan fingerprint density at radius 2 is 1.89 bits per heavy atom. The number of benzene rings is 1. The molecule has 0 amide bonds. The molecule has 0 aromatic heterocycles. The molecule has 0 aliphatic rings. The van der Waals surface area contributed by atoms with Crippen LogP contribution in [0.5, 0.6) is 0 Å². The first-order chi connectivity index (χ1) is 8.20. The second kappa shape index (κ2) is 5.49. The van der Waals surface area contributed by atoms with E-state index >= 15 is 0 Å². The van der Waals surface area contributed by atoms with E-state index in [1.54, 1.807) is 13.8 Å². The number of nitrogens with zero attached hydrogens (tertiary/aromatic N) is 1. The number of sulfonamides is 1. The summed E-state index contributed by atoms with van der Waals surface area (Å²) in [5.74, 6) is 0.402. The maximum absolute atomic E-state index is 11.2. The van der Waals surface area contributed by atoms with E-state index in [0.717, 1.165) is 11.8 Å². The predicted octanol–water partition coefficient (Wildman–Crippen LogP) is 0.720. The summed E-state index contributed by atoms with van der Waals surface area (Å²) in [7, 11) is -3.25. The minimum absolute atomic E-state index is 0.279. The minimum Gasteiger partial charge on any atom is -0.384 e. The molecule has 0 aliphatic carbocycles. The van der Waals surface area contributed by atoms with Crippen molar-refractivity contribution < 1.29 is 8.42 Å². The Morgan fingerprint density at radius 1 is 1.33 bits per heavy atom. The second-order valence-corrected chi connectivity index (χ2v) is 6.57. The Kier molecular flexibility index (Phi) is 4.48.